The summed E-state index contributed by atoms with van der Waals surface area (Å²) in [4.78, 5) is 2.63. The lowest BCUT2D eigenvalue weighted by Gasteiger charge is -2.15. The molecule has 4 nitrogen and oxygen atoms in total. The molecule has 1 unspecified atom stereocenters. The summed E-state index contributed by atoms with van der Waals surface area (Å²) >= 11 is 0. The van der Waals surface area contributed by atoms with Gasteiger partial charge >= 0.3 is 0 Å². The van der Waals surface area contributed by atoms with Gasteiger partial charge in [-0.05, 0) is 36.6 Å². The van der Waals surface area contributed by atoms with Gasteiger partial charge in [0.05, 0.1) is 10.6 Å². The lowest BCUT2D eigenvalue weighted by atomic mass is 10.2. The van der Waals surface area contributed by atoms with Crippen LogP contribution in [0.1, 0.15) is 18.9 Å². The van der Waals surface area contributed by atoms with Crippen LogP contribution < -0.4 is 5.73 Å². The Kier molecular flexibility index (Phi) is 4.60. The maximum absolute atomic E-state index is 12.2. The molecule has 106 valence electrons. The first-order chi connectivity index (χ1) is 9.01. The molecular weight excluding hydrogens is 260 g/mol. The van der Waals surface area contributed by atoms with Crippen molar-refractivity contribution >= 4 is 9.84 Å². The highest BCUT2D eigenvalue weighted by molar-refractivity contribution is 7.91. The minimum Gasteiger partial charge on any atom is -0.326 e. The summed E-state index contributed by atoms with van der Waals surface area (Å²) in [6, 6.07) is 6.88. The smallest absolute Gasteiger partial charge is 0.179 e. The average Bonchev–Trinajstić information content (AvgIpc) is 2.82. The molecule has 0 bridgehead atoms. The first kappa shape index (κ1) is 14.5. The van der Waals surface area contributed by atoms with Crippen LogP contribution in [0.15, 0.2) is 29.2 Å². The van der Waals surface area contributed by atoms with Gasteiger partial charge < -0.3 is 10.6 Å². The van der Waals surface area contributed by atoms with Crippen molar-refractivity contribution in [2.75, 3.05) is 25.4 Å². The zero-order valence-corrected chi connectivity index (χ0v) is 12.2. The van der Waals surface area contributed by atoms with E-state index in [0.29, 0.717) is 23.9 Å². The van der Waals surface area contributed by atoms with E-state index in [2.05, 4.69) is 11.8 Å². The molecule has 0 aliphatic carbocycles. The third-order valence-electron chi connectivity index (χ3n) is 3.70. The number of sulfone groups is 1. The van der Waals surface area contributed by atoms with Gasteiger partial charge in [-0.3, -0.25) is 0 Å². The molecule has 0 amide bonds. The molecule has 5 heteroatoms. The quantitative estimate of drug-likeness (QED) is 0.883. The summed E-state index contributed by atoms with van der Waals surface area (Å²) < 4.78 is 24.4. The van der Waals surface area contributed by atoms with E-state index in [1.165, 1.54) is 6.42 Å². The molecule has 1 aromatic rings. The third-order valence-corrected chi connectivity index (χ3v) is 5.41. The number of benzene rings is 1. The predicted octanol–water partition coefficient (Wildman–Crippen LogP) is 1.26. The van der Waals surface area contributed by atoms with Crippen molar-refractivity contribution in [2.24, 2.45) is 11.7 Å². The van der Waals surface area contributed by atoms with Gasteiger partial charge in [-0.1, -0.05) is 19.1 Å². The zero-order chi connectivity index (χ0) is 13.9. The van der Waals surface area contributed by atoms with Crippen molar-refractivity contribution in [1.82, 2.24) is 4.90 Å². The monoisotopic (exact) mass is 282 g/mol. The standard InChI is InChI=1S/C14H22N2O2S/c1-12-6-7-16(11-12)8-9-19(17,18)14-4-2-13(10-15)3-5-14/h2-5,12H,6-11,15H2,1H3. The molecule has 19 heavy (non-hydrogen) atoms. The Morgan fingerprint density at radius 2 is 2.00 bits per heavy atom. The second-order valence-electron chi connectivity index (χ2n) is 5.36. The van der Waals surface area contributed by atoms with Crippen LogP contribution >= 0.6 is 0 Å². The van der Waals surface area contributed by atoms with Gasteiger partial charge in [0.2, 0.25) is 0 Å². The maximum atomic E-state index is 12.2. The number of nitrogens with two attached hydrogens (primary N) is 1. The van der Waals surface area contributed by atoms with Gasteiger partial charge in [0, 0.05) is 19.6 Å². The van der Waals surface area contributed by atoms with Gasteiger partial charge in [0.15, 0.2) is 9.84 Å². The van der Waals surface area contributed by atoms with Crippen LogP contribution in [0, 0.1) is 5.92 Å². The van der Waals surface area contributed by atoms with Gasteiger partial charge in [-0.15, -0.1) is 0 Å². The average molecular weight is 282 g/mol. The highest BCUT2D eigenvalue weighted by atomic mass is 32.2. The van der Waals surface area contributed by atoms with Crippen LogP contribution in [0.25, 0.3) is 0 Å². The van der Waals surface area contributed by atoms with Crippen LogP contribution in [0.2, 0.25) is 0 Å². The lowest BCUT2D eigenvalue weighted by Crippen LogP contribution is -2.27. The van der Waals surface area contributed by atoms with E-state index in [-0.39, 0.29) is 5.75 Å². The van der Waals surface area contributed by atoms with E-state index in [1.54, 1.807) is 24.3 Å². The van der Waals surface area contributed by atoms with E-state index in [9.17, 15) is 8.42 Å². The largest absolute Gasteiger partial charge is 0.326 e. The maximum Gasteiger partial charge on any atom is 0.179 e. The Hall–Kier alpha value is -0.910. The summed E-state index contributed by atoms with van der Waals surface area (Å²) in [6.45, 7) is 5.31. The van der Waals surface area contributed by atoms with Crippen LogP contribution in [-0.2, 0) is 16.4 Å². The Balaban J connectivity index is 1.97. The highest BCUT2D eigenvalue weighted by Gasteiger charge is 2.21. The second kappa shape index (κ2) is 6.03. The molecule has 1 aromatic carbocycles. The minimum absolute atomic E-state index is 0.196. The van der Waals surface area contributed by atoms with Gasteiger partial charge in [0.25, 0.3) is 0 Å². The van der Waals surface area contributed by atoms with Gasteiger partial charge in [-0.25, -0.2) is 8.42 Å². The van der Waals surface area contributed by atoms with E-state index in [0.717, 1.165) is 18.7 Å². The molecule has 1 heterocycles. The summed E-state index contributed by atoms with van der Waals surface area (Å²) in [5.74, 6) is 0.883. The Morgan fingerprint density at radius 1 is 1.32 bits per heavy atom. The summed E-state index contributed by atoms with van der Waals surface area (Å²) in [6.07, 6.45) is 1.17. The van der Waals surface area contributed by atoms with Crippen LogP contribution in [0.3, 0.4) is 0 Å². The molecule has 0 spiro atoms. The van der Waals surface area contributed by atoms with Crippen molar-refractivity contribution in [3.05, 3.63) is 29.8 Å². The van der Waals surface area contributed by atoms with E-state index >= 15 is 0 Å². The third kappa shape index (κ3) is 3.78. The lowest BCUT2D eigenvalue weighted by molar-refractivity contribution is 0.347. The fourth-order valence-corrected chi connectivity index (χ4v) is 3.71. The second-order valence-corrected chi connectivity index (χ2v) is 7.47. The minimum atomic E-state index is -3.17. The fourth-order valence-electron chi connectivity index (χ4n) is 2.43. The summed E-state index contributed by atoms with van der Waals surface area (Å²) in [5, 5.41) is 0. The van der Waals surface area contributed by atoms with Crippen LogP contribution in [0.4, 0.5) is 0 Å². The summed E-state index contributed by atoms with van der Waals surface area (Å²) in [7, 11) is -3.17. The van der Waals surface area contributed by atoms with E-state index in [4.69, 9.17) is 5.73 Å². The van der Waals surface area contributed by atoms with E-state index < -0.39 is 9.84 Å². The van der Waals surface area contributed by atoms with Crippen LogP contribution in [-0.4, -0.2) is 38.7 Å². The molecule has 1 saturated heterocycles. The van der Waals surface area contributed by atoms with Crippen molar-refractivity contribution in [3.63, 3.8) is 0 Å². The van der Waals surface area contributed by atoms with E-state index in [1.807, 2.05) is 0 Å². The first-order valence-electron chi connectivity index (χ1n) is 6.75. The first-order valence-corrected chi connectivity index (χ1v) is 8.40. The normalized spacial score (nSPS) is 20.8. The summed E-state index contributed by atoms with van der Waals surface area (Å²) in [5.41, 5.74) is 6.46. The van der Waals surface area contributed by atoms with Crippen molar-refractivity contribution in [1.29, 1.82) is 0 Å². The predicted molar refractivity (Wildman–Crippen MR) is 76.6 cm³/mol. The SMILES string of the molecule is CC1CCN(CCS(=O)(=O)c2ccc(CN)cc2)C1. The fraction of sp³-hybridized carbons (Fsp3) is 0.571. The molecule has 2 rings (SSSR count). The van der Waals surface area contributed by atoms with Crippen molar-refractivity contribution in [3.8, 4) is 0 Å². The van der Waals surface area contributed by atoms with Crippen molar-refractivity contribution < 1.29 is 8.42 Å². The molecular formula is C14H22N2O2S. The molecule has 2 N–H and O–H groups in total. The van der Waals surface area contributed by atoms with Gasteiger partial charge in [0.1, 0.15) is 0 Å². The molecule has 1 aliphatic rings. The molecule has 1 fully saturated rings. The highest BCUT2D eigenvalue weighted by Crippen LogP contribution is 2.17. The van der Waals surface area contributed by atoms with Crippen LogP contribution in [0.5, 0.6) is 0 Å². The number of likely N-dealkylation sites (tertiary alicyclic amines) is 1. The number of hydrogen-bond donors (Lipinski definition) is 1. The molecule has 0 saturated carbocycles. The molecule has 1 atom stereocenters. The molecule has 1 aliphatic heterocycles. The zero-order valence-electron chi connectivity index (χ0n) is 11.4. The topological polar surface area (TPSA) is 63.4 Å². The molecule has 0 radical (unpaired) electrons. The van der Waals surface area contributed by atoms with Gasteiger partial charge in [-0.2, -0.15) is 0 Å². The number of nitrogens with zero attached hydrogens (tertiary/aromatic N) is 1. The number of hydrogen-bond acceptors (Lipinski definition) is 4. The Labute approximate surface area is 115 Å². The number of rotatable bonds is 5. The van der Waals surface area contributed by atoms with Crippen molar-refractivity contribution in [2.45, 2.75) is 24.8 Å². The molecule has 0 aromatic heterocycles. The Morgan fingerprint density at radius 3 is 2.53 bits per heavy atom. The Bertz CT molecular complexity index is 511.